The van der Waals surface area contributed by atoms with Crippen LogP contribution in [0.5, 0.6) is 0 Å². The van der Waals surface area contributed by atoms with Crippen molar-refractivity contribution in [2.24, 2.45) is 5.92 Å². The molecule has 5 nitrogen and oxygen atoms in total. The smallest absolute Gasteiger partial charge is 0.243 e. The number of nitrogens with zero attached hydrogens (tertiary/aromatic N) is 1. The summed E-state index contributed by atoms with van der Waals surface area (Å²) >= 11 is 0. The lowest BCUT2D eigenvalue weighted by atomic mass is 9.79. The lowest BCUT2D eigenvalue weighted by molar-refractivity contribution is -0.126. The molecule has 1 atom stereocenters. The highest BCUT2D eigenvalue weighted by Gasteiger charge is 2.33. The normalized spacial score (nSPS) is 17.3. The van der Waals surface area contributed by atoms with Crippen molar-refractivity contribution in [3.8, 4) is 0 Å². The Bertz CT molecular complexity index is 983. The second-order valence-electron chi connectivity index (χ2n) is 9.00. The first-order valence-corrected chi connectivity index (χ1v) is 12.2. The van der Waals surface area contributed by atoms with E-state index < -0.39 is 15.8 Å². The molecule has 1 fully saturated rings. The van der Waals surface area contributed by atoms with E-state index in [1.165, 1.54) is 22.0 Å². The van der Waals surface area contributed by atoms with Gasteiger partial charge in [-0.25, -0.2) is 12.8 Å². The molecule has 0 bridgehead atoms. The summed E-state index contributed by atoms with van der Waals surface area (Å²) in [7, 11) is -3.67. The van der Waals surface area contributed by atoms with E-state index in [1.807, 2.05) is 25.1 Å². The van der Waals surface area contributed by atoms with Gasteiger partial charge >= 0.3 is 0 Å². The number of nitrogens with one attached hydrogen (secondary N) is 1. The Morgan fingerprint density at radius 3 is 2.26 bits per heavy atom. The average Bonchev–Trinajstić information content (AvgIpc) is 2.74. The van der Waals surface area contributed by atoms with Crippen molar-refractivity contribution in [1.29, 1.82) is 0 Å². The quantitative estimate of drug-likeness (QED) is 0.696. The monoisotopic (exact) mass is 446 g/mol. The summed E-state index contributed by atoms with van der Waals surface area (Å²) in [5.41, 5.74) is 1.16. The fraction of sp³-hybridized carbons (Fsp3) is 0.458. The molecule has 0 radical (unpaired) electrons. The number of carbonyl (C=O) groups is 1. The third-order valence-electron chi connectivity index (χ3n) is 6.04. The van der Waals surface area contributed by atoms with Gasteiger partial charge in [0.1, 0.15) is 5.82 Å². The van der Waals surface area contributed by atoms with Crippen LogP contribution in [0.25, 0.3) is 0 Å². The highest BCUT2D eigenvalue weighted by molar-refractivity contribution is 7.89. The van der Waals surface area contributed by atoms with Crippen LogP contribution in [-0.2, 0) is 20.2 Å². The van der Waals surface area contributed by atoms with Gasteiger partial charge in [0, 0.05) is 25.0 Å². The maximum atomic E-state index is 13.1. The first-order valence-electron chi connectivity index (χ1n) is 10.7. The molecular weight excluding hydrogens is 415 g/mol. The van der Waals surface area contributed by atoms with Crippen LogP contribution in [0.1, 0.15) is 45.6 Å². The number of amides is 1. The first kappa shape index (κ1) is 23.4. The summed E-state index contributed by atoms with van der Waals surface area (Å²) in [5.74, 6) is -0.698. The molecule has 1 aliphatic rings. The number of sulfonamides is 1. The number of halogens is 1. The number of carbonyl (C=O) groups excluding carboxylic acids is 1. The number of piperidine rings is 1. The van der Waals surface area contributed by atoms with Gasteiger partial charge in [0.05, 0.1) is 4.90 Å². The van der Waals surface area contributed by atoms with Crippen molar-refractivity contribution in [3.05, 3.63) is 66.0 Å². The Hall–Kier alpha value is -2.25. The van der Waals surface area contributed by atoms with Crippen LogP contribution < -0.4 is 5.32 Å². The van der Waals surface area contributed by atoms with Gasteiger partial charge in [0.2, 0.25) is 15.9 Å². The summed E-state index contributed by atoms with van der Waals surface area (Å²) in [6.07, 6.45) is 1.75. The molecule has 0 spiro atoms. The predicted molar refractivity (Wildman–Crippen MR) is 120 cm³/mol. The van der Waals surface area contributed by atoms with Crippen LogP contribution in [0.2, 0.25) is 0 Å². The average molecular weight is 447 g/mol. The summed E-state index contributed by atoms with van der Waals surface area (Å²) in [6.45, 7) is 6.91. The highest BCUT2D eigenvalue weighted by Crippen LogP contribution is 2.29. The Morgan fingerprint density at radius 1 is 1.10 bits per heavy atom. The molecule has 2 aromatic rings. The number of rotatable bonds is 7. The number of benzene rings is 2. The van der Waals surface area contributed by atoms with E-state index >= 15 is 0 Å². The fourth-order valence-corrected chi connectivity index (χ4v) is 5.77. The zero-order chi connectivity index (χ0) is 22.6. The van der Waals surface area contributed by atoms with Gasteiger partial charge < -0.3 is 5.32 Å². The van der Waals surface area contributed by atoms with Gasteiger partial charge in [0.25, 0.3) is 0 Å². The fourth-order valence-electron chi connectivity index (χ4n) is 4.30. The van der Waals surface area contributed by atoms with Crippen molar-refractivity contribution in [1.82, 2.24) is 9.62 Å². The van der Waals surface area contributed by atoms with E-state index in [4.69, 9.17) is 0 Å². The summed E-state index contributed by atoms with van der Waals surface area (Å²) in [5, 5.41) is 3.12. The molecule has 7 heteroatoms. The van der Waals surface area contributed by atoms with E-state index in [9.17, 15) is 17.6 Å². The zero-order valence-electron chi connectivity index (χ0n) is 18.3. The van der Waals surface area contributed by atoms with E-state index in [-0.39, 0.29) is 41.3 Å². The van der Waals surface area contributed by atoms with Crippen molar-refractivity contribution in [3.63, 3.8) is 0 Å². The second kappa shape index (κ2) is 9.49. The topological polar surface area (TPSA) is 66.5 Å². The van der Waals surface area contributed by atoms with Gasteiger partial charge in [-0.2, -0.15) is 4.31 Å². The van der Waals surface area contributed by atoms with Crippen LogP contribution >= 0.6 is 0 Å². The lowest BCUT2D eigenvalue weighted by Crippen LogP contribution is -2.45. The molecule has 0 unspecified atom stereocenters. The predicted octanol–water partition coefficient (Wildman–Crippen LogP) is 4.10. The molecule has 3 rings (SSSR count). The van der Waals surface area contributed by atoms with Crippen LogP contribution in [0.4, 0.5) is 4.39 Å². The number of hydrogen-bond acceptors (Lipinski definition) is 3. The van der Waals surface area contributed by atoms with Crippen LogP contribution in [0, 0.1) is 11.7 Å². The minimum Gasteiger partial charge on any atom is -0.353 e. The van der Waals surface area contributed by atoms with Crippen molar-refractivity contribution >= 4 is 15.9 Å². The molecule has 0 aliphatic carbocycles. The van der Waals surface area contributed by atoms with Crippen molar-refractivity contribution in [2.75, 3.05) is 13.1 Å². The molecule has 31 heavy (non-hydrogen) atoms. The molecule has 1 amide bonds. The molecule has 0 aromatic heterocycles. The molecule has 168 valence electrons. The molecule has 2 aromatic carbocycles. The van der Waals surface area contributed by atoms with E-state index in [2.05, 4.69) is 31.3 Å². The lowest BCUT2D eigenvalue weighted by Gasteiger charge is -2.33. The maximum absolute atomic E-state index is 13.1. The largest absolute Gasteiger partial charge is 0.353 e. The van der Waals surface area contributed by atoms with Crippen molar-refractivity contribution in [2.45, 2.75) is 56.4 Å². The van der Waals surface area contributed by atoms with Gasteiger partial charge in [-0.1, -0.05) is 44.2 Å². The summed E-state index contributed by atoms with van der Waals surface area (Å²) in [6, 6.07) is 15.1. The minimum absolute atomic E-state index is 0.00341. The molecule has 1 aliphatic heterocycles. The van der Waals surface area contributed by atoms with E-state index in [0.29, 0.717) is 12.8 Å². The SMILES string of the molecule is C[C@H](CC(C)(C)c1ccccc1)NC(=O)C1CCN(S(=O)(=O)c2ccc(F)cc2)CC1. The molecule has 1 heterocycles. The molecule has 1 saturated heterocycles. The summed E-state index contributed by atoms with van der Waals surface area (Å²) < 4.78 is 40.0. The maximum Gasteiger partial charge on any atom is 0.243 e. The Kier molecular flexibility index (Phi) is 7.17. The summed E-state index contributed by atoms with van der Waals surface area (Å²) in [4.78, 5) is 12.9. The van der Waals surface area contributed by atoms with Crippen LogP contribution in [0.15, 0.2) is 59.5 Å². The van der Waals surface area contributed by atoms with Crippen LogP contribution in [-0.4, -0.2) is 37.8 Å². The van der Waals surface area contributed by atoms with Gasteiger partial charge in [-0.05, 0) is 61.4 Å². The van der Waals surface area contributed by atoms with Gasteiger partial charge in [-0.3, -0.25) is 4.79 Å². The van der Waals surface area contributed by atoms with E-state index in [0.717, 1.165) is 18.6 Å². The molecule has 0 saturated carbocycles. The number of hydrogen-bond donors (Lipinski definition) is 1. The Labute approximate surface area is 184 Å². The Balaban J connectivity index is 1.53. The Morgan fingerprint density at radius 2 is 1.68 bits per heavy atom. The van der Waals surface area contributed by atoms with E-state index in [1.54, 1.807) is 0 Å². The second-order valence-corrected chi connectivity index (χ2v) is 10.9. The van der Waals surface area contributed by atoms with Crippen LogP contribution in [0.3, 0.4) is 0 Å². The first-order chi connectivity index (χ1) is 14.6. The third kappa shape index (κ3) is 5.71. The standard InChI is InChI=1S/C24H31FN2O3S/c1-18(17-24(2,3)20-7-5-4-6-8-20)26-23(28)19-13-15-27(16-14-19)31(29,30)22-11-9-21(25)10-12-22/h4-12,18-19H,13-17H2,1-3H3,(H,26,28)/t18-/m1/s1. The molecular formula is C24H31FN2O3S. The molecule has 1 N–H and O–H groups in total. The van der Waals surface area contributed by atoms with Gasteiger partial charge in [0.15, 0.2) is 0 Å². The minimum atomic E-state index is -3.67. The zero-order valence-corrected chi connectivity index (χ0v) is 19.2. The third-order valence-corrected chi connectivity index (χ3v) is 7.95. The van der Waals surface area contributed by atoms with Crippen molar-refractivity contribution < 1.29 is 17.6 Å². The van der Waals surface area contributed by atoms with Gasteiger partial charge in [-0.15, -0.1) is 0 Å². The highest BCUT2D eigenvalue weighted by atomic mass is 32.2.